The molecule has 3 amide bonds. The highest BCUT2D eigenvalue weighted by atomic mass is 16.5. The average molecular weight is 267 g/mol. The summed E-state index contributed by atoms with van der Waals surface area (Å²) in [5.74, 6) is -2.23. The third-order valence-electron chi connectivity index (χ3n) is 2.17. The van der Waals surface area contributed by atoms with E-state index in [1.54, 1.807) is 6.07 Å². The molecule has 0 saturated heterocycles. The SMILES string of the molecule is COc1ccc(C(=O)NNC(=O)C(N)=O)c(OC)c1. The van der Waals surface area contributed by atoms with Gasteiger partial charge in [0.1, 0.15) is 11.5 Å². The van der Waals surface area contributed by atoms with Gasteiger partial charge in [0.05, 0.1) is 19.8 Å². The van der Waals surface area contributed by atoms with Crippen molar-refractivity contribution in [3.8, 4) is 11.5 Å². The van der Waals surface area contributed by atoms with Crippen molar-refractivity contribution < 1.29 is 23.9 Å². The van der Waals surface area contributed by atoms with E-state index in [0.29, 0.717) is 5.75 Å². The van der Waals surface area contributed by atoms with Crippen LogP contribution >= 0.6 is 0 Å². The van der Waals surface area contributed by atoms with Crippen molar-refractivity contribution in [3.05, 3.63) is 23.8 Å². The fourth-order valence-electron chi connectivity index (χ4n) is 1.23. The van der Waals surface area contributed by atoms with E-state index < -0.39 is 17.7 Å². The summed E-state index contributed by atoms with van der Waals surface area (Å²) in [5.41, 5.74) is 8.76. The zero-order valence-electron chi connectivity index (χ0n) is 10.4. The molecule has 8 heteroatoms. The van der Waals surface area contributed by atoms with Crippen LogP contribution in [0.3, 0.4) is 0 Å². The van der Waals surface area contributed by atoms with Crippen LogP contribution < -0.4 is 26.1 Å². The summed E-state index contributed by atoms with van der Waals surface area (Å²) in [6, 6.07) is 4.50. The summed E-state index contributed by atoms with van der Waals surface area (Å²) in [6.07, 6.45) is 0. The summed E-state index contributed by atoms with van der Waals surface area (Å²) >= 11 is 0. The van der Waals surface area contributed by atoms with Crippen molar-refractivity contribution in [2.24, 2.45) is 5.73 Å². The number of ether oxygens (including phenoxy) is 2. The van der Waals surface area contributed by atoms with Crippen LogP contribution in [0.15, 0.2) is 18.2 Å². The van der Waals surface area contributed by atoms with Crippen LogP contribution in [-0.2, 0) is 9.59 Å². The van der Waals surface area contributed by atoms with Gasteiger partial charge in [-0.2, -0.15) is 0 Å². The molecule has 0 aliphatic heterocycles. The standard InChI is InChI=1S/C11H13N3O5/c1-18-6-3-4-7(8(5-6)19-2)10(16)13-14-11(17)9(12)15/h3-5H,1-2H3,(H2,12,15)(H,13,16)(H,14,17). The second-order valence-corrected chi connectivity index (χ2v) is 3.34. The molecule has 0 aromatic heterocycles. The molecule has 0 radical (unpaired) electrons. The van der Waals surface area contributed by atoms with Gasteiger partial charge in [-0.05, 0) is 12.1 Å². The van der Waals surface area contributed by atoms with Crippen molar-refractivity contribution in [1.82, 2.24) is 10.9 Å². The molecular formula is C11H13N3O5. The number of amides is 3. The molecule has 8 nitrogen and oxygen atoms in total. The third kappa shape index (κ3) is 3.60. The molecular weight excluding hydrogens is 254 g/mol. The van der Waals surface area contributed by atoms with E-state index in [1.807, 2.05) is 10.9 Å². The molecule has 0 spiro atoms. The smallest absolute Gasteiger partial charge is 0.327 e. The van der Waals surface area contributed by atoms with Crippen molar-refractivity contribution >= 4 is 17.7 Å². The van der Waals surface area contributed by atoms with Gasteiger partial charge < -0.3 is 15.2 Å². The molecule has 4 N–H and O–H groups in total. The van der Waals surface area contributed by atoms with Crippen LogP contribution in [-0.4, -0.2) is 31.9 Å². The Balaban J connectivity index is 2.82. The minimum atomic E-state index is -1.21. The summed E-state index contributed by atoms with van der Waals surface area (Å²) in [7, 11) is 2.86. The summed E-state index contributed by atoms with van der Waals surface area (Å²) in [5, 5.41) is 0. The first-order valence-electron chi connectivity index (χ1n) is 5.11. The van der Waals surface area contributed by atoms with E-state index in [9.17, 15) is 14.4 Å². The lowest BCUT2D eigenvalue weighted by atomic mass is 10.2. The van der Waals surface area contributed by atoms with Gasteiger partial charge in [0.15, 0.2) is 0 Å². The number of primary amides is 1. The average Bonchev–Trinajstić information content (AvgIpc) is 2.43. The molecule has 1 aromatic rings. The van der Waals surface area contributed by atoms with Crippen LogP contribution in [0.2, 0.25) is 0 Å². The lowest BCUT2D eigenvalue weighted by Crippen LogP contribution is -2.47. The van der Waals surface area contributed by atoms with E-state index >= 15 is 0 Å². The maximum atomic E-state index is 11.8. The minimum Gasteiger partial charge on any atom is -0.497 e. The van der Waals surface area contributed by atoms with E-state index in [1.165, 1.54) is 26.4 Å². The first-order chi connectivity index (χ1) is 8.99. The van der Waals surface area contributed by atoms with Crippen LogP contribution in [0, 0.1) is 0 Å². The minimum absolute atomic E-state index is 0.160. The van der Waals surface area contributed by atoms with E-state index in [-0.39, 0.29) is 11.3 Å². The van der Waals surface area contributed by atoms with Crippen LogP contribution in [0.25, 0.3) is 0 Å². The molecule has 0 heterocycles. The van der Waals surface area contributed by atoms with Crippen molar-refractivity contribution in [3.63, 3.8) is 0 Å². The zero-order chi connectivity index (χ0) is 14.4. The lowest BCUT2D eigenvalue weighted by Gasteiger charge is -2.10. The molecule has 0 fully saturated rings. The Kier molecular flexibility index (Phi) is 4.69. The number of carbonyl (C=O) groups is 3. The topological polar surface area (TPSA) is 120 Å². The molecule has 0 bridgehead atoms. The van der Waals surface area contributed by atoms with Gasteiger partial charge in [0, 0.05) is 6.07 Å². The summed E-state index contributed by atoms with van der Waals surface area (Å²) < 4.78 is 10.00. The van der Waals surface area contributed by atoms with Gasteiger partial charge in [-0.1, -0.05) is 0 Å². The Morgan fingerprint density at radius 3 is 2.32 bits per heavy atom. The molecule has 19 heavy (non-hydrogen) atoms. The first-order valence-corrected chi connectivity index (χ1v) is 5.11. The van der Waals surface area contributed by atoms with Crippen LogP contribution in [0.4, 0.5) is 0 Å². The van der Waals surface area contributed by atoms with Crippen molar-refractivity contribution in [2.45, 2.75) is 0 Å². The van der Waals surface area contributed by atoms with Crippen LogP contribution in [0.1, 0.15) is 10.4 Å². The van der Waals surface area contributed by atoms with Gasteiger partial charge in [0.25, 0.3) is 5.91 Å². The fraction of sp³-hybridized carbons (Fsp3) is 0.182. The largest absolute Gasteiger partial charge is 0.497 e. The Bertz CT molecular complexity index is 515. The molecule has 0 aliphatic carbocycles. The Labute approximate surface area is 108 Å². The first kappa shape index (κ1) is 14.3. The second-order valence-electron chi connectivity index (χ2n) is 3.34. The number of nitrogens with one attached hydrogen (secondary N) is 2. The number of carbonyl (C=O) groups excluding carboxylic acids is 3. The highest BCUT2D eigenvalue weighted by Gasteiger charge is 2.15. The lowest BCUT2D eigenvalue weighted by molar-refractivity contribution is -0.137. The van der Waals surface area contributed by atoms with Gasteiger partial charge in [-0.15, -0.1) is 0 Å². The van der Waals surface area contributed by atoms with Gasteiger partial charge in [-0.25, -0.2) is 0 Å². The van der Waals surface area contributed by atoms with Gasteiger partial charge >= 0.3 is 11.8 Å². The number of methoxy groups -OCH3 is 2. The number of nitrogens with two attached hydrogens (primary N) is 1. The quantitative estimate of drug-likeness (QED) is 0.477. The predicted octanol–water partition coefficient (Wildman–Crippen LogP) is -1.05. The van der Waals surface area contributed by atoms with Crippen molar-refractivity contribution in [2.75, 3.05) is 14.2 Å². The van der Waals surface area contributed by atoms with Gasteiger partial charge in [-0.3, -0.25) is 25.2 Å². The van der Waals surface area contributed by atoms with Crippen molar-refractivity contribution in [1.29, 1.82) is 0 Å². The Morgan fingerprint density at radius 1 is 1.11 bits per heavy atom. The van der Waals surface area contributed by atoms with E-state index in [0.717, 1.165) is 0 Å². The highest BCUT2D eigenvalue weighted by Crippen LogP contribution is 2.24. The third-order valence-corrected chi connectivity index (χ3v) is 2.17. The van der Waals surface area contributed by atoms with E-state index in [2.05, 4.69) is 0 Å². The Morgan fingerprint density at radius 2 is 1.79 bits per heavy atom. The molecule has 0 aliphatic rings. The number of rotatable bonds is 3. The number of hydrogen-bond donors (Lipinski definition) is 3. The van der Waals surface area contributed by atoms with Gasteiger partial charge in [0.2, 0.25) is 0 Å². The molecule has 102 valence electrons. The molecule has 0 atom stereocenters. The number of hydrogen-bond acceptors (Lipinski definition) is 5. The summed E-state index contributed by atoms with van der Waals surface area (Å²) in [4.78, 5) is 33.1. The maximum absolute atomic E-state index is 11.8. The maximum Gasteiger partial charge on any atom is 0.327 e. The fourth-order valence-corrected chi connectivity index (χ4v) is 1.23. The molecule has 1 rings (SSSR count). The molecule has 0 saturated carbocycles. The van der Waals surface area contributed by atoms with E-state index in [4.69, 9.17) is 15.2 Å². The zero-order valence-corrected chi connectivity index (χ0v) is 10.4. The molecule has 0 unspecified atom stereocenters. The monoisotopic (exact) mass is 267 g/mol. The Hall–Kier alpha value is -2.77. The predicted molar refractivity (Wildman–Crippen MR) is 64.3 cm³/mol. The highest BCUT2D eigenvalue weighted by molar-refractivity contribution is 6.34. The normalized spacial score (nSPS) is 9.37. The number of hydrazine groups is 1. The second kappa shape index (κ2) is 6.24. The van der Waals surface area contributed by atoms with Crippen LogP contribution in [0.5, 0.6) is 11.5 Å². The number of benzene rings is 1. The summed E-state index contributed by atoms with van der Waals surface area (Å²) in [6.45, 7) is 0. The molecule has 1 aromatic carbocycles.